The SMILES string of the molecule is CC1(C)CC1(CO)c1ccccc1F. The van der Waals surface area contributed by atoms with Crippen molar-refractivity contribution < 1.29 is 9.50 Å². The van der Waals surface area contributed by atoms with E-state index in [-0.39, 0.29) is 23.3 Å². The van der Waals surface area contributed by atoms with E-state index in [1.54, 1.807) is 12.1 Å². The molecule has 2 heteroatoms. The second kappa shape index (κ2) is 2.80. The van der Waals surface area contributed by atoms with Crippen molar-refractivity contribution in [1.29, 1.82) is 0 Å². The molecule has 1 fully saturated rings. The monoisotopic (exact) mass is 194 g/mol. The van der Waals surface area contributed by atoms with Crippen LogP contribution in [0.5, 0.6) is 0 Å². The Kier molecular flexibility index (Phi) is 1.93. The Labute approximate surface area is 83.6 Å². The molecule has 1 aromatic rings. The summed E-state index contributed by atoms with van der Waals surface area (Å²) in [6.45, 7) is 4.16. The number of benzene rings is 1. The molecule has 14 heavy (non-hydrogen) atoms. The Morgan fingerprint density at radius 3 is 2.36 bits per heavy atom. The van der Waals surface area contributed by atoms with Gasteiger partial charge in [0.05, 0.1) is 6.61 Å². The Hall–Kier alpha value is -0.890. The molecule has 0 amide bonds. The van der Waals surface area contributed by atoms with Crippen LogP contribution in [0.4, 0.5) is 4.39 Å². The largest absolute Gasteiger partial charge is 0.395 e. The minimum Gasteiger partial charge on any atom is -0.395 e. The Bertz CT molecular complexity index is 359. The lowest BCUT2D eigenvalue weighted by Gasteiger charge is -2.18. The minimum absolute atomic E-state index is 0.0178. The maximum Gasteiger partial charge on any atom is 0.127 e. The highest BCUT2D eigenvalue weighted by atomic mass is 19.1. The Morgan fingerprint density at radius 2 is 1.93 bits per heavy atom. The van der Waals surface area contributed by atoms with Gasteiger partial charge in [0.15, 0.2) is 0 Å². The van der Waals surface area contributed by atoms with Crippen LogP contribution in [0.15, 0.2) is 24.3 Å². The first-order valence-electron chi connectivity index (χ1n) is 4.89. The predicted molar refractivity (Wildman–Crippen MR) is 53.6 cm³/mol. The van der Waals surface area contributed by atoms with Gasteiger partial charge < -0.3 is 5.11 Å². The fourth-order valence-electron chi connectivity index (χ4n) is 2.37. The second-order valence-corrected chi connectivity index (χ2v) is 4.78. The highest BCUT2D eigenvalue weighted by Crippen LogP contribution is 2.64. The maximum atomic E-state index is 13.5. The molecule has 0 bridgehead atoms. The third-order valence-corrected chi connectivity index (χ3v) is 3.57. The number of rotatable bonds is 2. The van der Waals surface area contributed by atoms with Gasteiger partial charge in [0.1, 0.15) is 5.82 Å². The van der Waals surface area contributed by atoms with Gasteiger partial charge in [0, 0.05) is 5.41 Å². The fraction of sp³-hybridized carbons (Fsp3) is 0.500. The molecule has 0 aromatic heterocycles. The van der Waals surface area contributed by atoms with Crippen molar-refractivity contribution in [3.8, 4) is 0 Å². The number of halogens is 1. The van der Waals surface area contributed by atoms with Crippen LogP contribution in [0.25, 0.3) is 0 Å². The zero-order valence-corrected chi connectivity index (χ0v) is 8.55. The lowest BCUT2D eigenvalue weighted by atomic mass is 9.88. The van der Waals surface area contributed by atoms with Crippen molar-refractivity contribution in [1.82, 2.24) is 0 Å². The van der Waals surface area contributed by atoms with Gasteiger partial charge in [-0.25, -0.2) is 4.39 Å². The summed E-state index contributed by atoms with van der Waals surface area (Å²) in [6.07, 6.45) is 0.859. The van der Waals surface area contributed by atoms with Crippen LogP contribution >= 0.6 is 0 Å². The minimum atomic E-state index is -0.349. The van der Waals surface area contributed by atoms with Crippen LogP contribution in [-0.2, 0) is 5.41 Å². The molecule has 1 aliphatic carbocycles. The summed E-state index contributed by atoms with van der Waals surface area (Å²) in [5.41, 5.74) is 0.329. The van der Waals surface area contributed by atoms with Gasteiger partial charge in [-0.3, -0.25) is 0 Å². The summed E-state index contributed by atoms with van der Waals surface area (Å²) in [4.78, 5) is 0. The summed E-state index contributed by atoms with van der Waals surface area (Å²) < 4.78 is 13.5. The highest BCUT2D eigenvalue weighted by Gasteiger charge is 2.62. The molecule has 0 heterocycles. The quantitative estimate of drug-likeness (QED) is 0.766. The van der Waals surface area contributed by atoms with E-state index in [9.17, 15) is 9.50 Å². The van der Waals surface area contributed by atoms with Crippen LogP contribution in [0.1, 0.15) is 25.8 Å². The van der Waals surface area contributed by atoms with Gasteiger partial charge in [-0.2, -0.15) is 0 Å². The molecule has 0 saturated heterocycles. The predicted octanol–water partition coefficient (Wildman–Crippen LogP) is 2.49. The fourth-order valence-corrected chi connectivity index (χ4v) is 2.37. The molecule has 1 N–H and O–H groups in total. The van der Waals surface area contributed by atoms with Crippen molar-refractivity contribution in [2.75, 3.05) is 6.61 Å². The van der Waals surface area contributed by atoms with Crippen LogP contribution < -0.4 is 0 Å². The van der Waals surface area contributed by atoms with E-state index >= 15 is 0 Å². The summed E-state index contributed by atoms with van der Waals surface area (Å²) in [5, 5.41) is 9.40. The van der Waals surface area contributed by atoms with E-state index in [0.717, 1.165) is 6.42 Å². The topological polar surface area (TPSA) is 20.2 Å². The first-order chi connectivity index (χ1) is 6.53. The van der Waals surface area contributed by atoms with Gasteiger partial charge in [0.2, 0.25) is 0 Å². The molecule has 0 spiro atoms. The average molecular weight is 194 g/mol. The third kappa shape index (κ3) is 1.10. The molecule has 1 unspecified atom stereocenters. The van der Waals surface area contributed by atoms with E-state index in [2.05, 4.69) is 13.8 Å². The zero-order chi connectivity index (χ0) is 10.4. The van der Waals surface area contributed by atoms with Crippen molar-refractivity contribution in [2.45, 2.75) is 25.7 Å². The van der Waals surface area contributed by atoms with Gasteiger partial charge in [-0.05, 0) is 23.5 Å². The van der Waals surface area contributed by atoms with Gasteiger partial charge in [0.25, 0.3) is 0 Å². The smallest absolute Gasteiger partial charge is 0.127 e. The zero-order valence-electron chi connectivity index (χ0n) is 8.55. The van der Waals surface area contributed by atoms with Crippen molar-refractivity contribution >= 4 is 0 Å². The lowest BCUT2D eigenvalue weighted by Crippen LogP contribution is -2.20. The van der Waals surface area contributed by atoms with Crippen LogP contribution in [-0.4, -0.2) is 11.7 Å². The highest BCUT2D eigenvalue weighted by molar-refractivity contribution is 5.38. The summed E-state index contributed by atoms with van der Waals surface area (Å²) in [5.74, 6) is -0.202. The number of aliphatic hydroxyl groups is 1. The normalized spacial score (nSPS) is 28.9. The van der Waals surface area contributed by atoms with Crippen molar-refractivity contribution in [3.05, 3.63) is 35.6 Å². The Balaban J connectivity index is 2.46. The lowest BCUT2D eigenvalue weighted by molar-refractivity contribution is 0.228. The van der Waals surface area contributed by atoms with Crippen molar-refractivity contribution in [2.24, 2.45) is 5.41 Å². The van der Waals surface area contributed by atoms with Gasteiger partial charge >= 0.3 is 0 Å². The first kappa shape index (κ1) is 9.66. The van der Waals surface area contributed by atoms with Gasteiger partial charge in [-0.1, -0.05) is 32.0 Å². The van der Waals surface area contributed by atoms with Crippen LogP contribution in [0.2, 0.25) is 0 Å². The molecule has 0 radical (unpaired) electrons. The summed E-state index contributed by atoms with van der Waals surface area (Å²) in [6, 6.07) is 6.74. The third-order valence-electron chi connectivity index (χ3n) is 3.57. The molecular formula is C12H15FO. The summed E-state index contributed by atoms with van der Waals surface area (Å²) >= 11 is 0. The maximum absolute atomic E-state index is 13.5. The van der Waals surface area contributed by atoms with E-state index in [1.807, 2.05) is 6.07 Å². The van der Waals surface area contributed by atoms with Crippen LogP contribution in [0.3, 0.4) is 0 Å². The van der Waals surface area contributed by atoms with Crippen molar-refractivity contribution in [3.63, 3.8) is 0 Å². The first-order valence-corrected chi connectivity index (χ1v) is 4.89. The molecule has 1 saturated carbocycles. The van der Waals surface area contributed by atoms with E-state index in [0.29, 0.717) is 5.56 Å². The van der Waals surface area contributed by atoms with E-state index in [4.69, 9.17) is 0 Å². The van der Waals surface area contributed by atoms with E-state index in [1.165, 1.54) is 6.07 Å². The number of aliphatic hydroxyl groups excluding tert-OH is 1. The molecule has 76 valence electrons. The van der Waals surface area contributed by atoms with E-state index < -0.39 is 0 Å². The molecule has 2 rings (SSSR count). The number of hydrogen-bond acceptors (Lipinski definition) is 1. The molecule has 1 nitrogen and oxygen atoms in total. The Morgan fingerprint density at radius 1 is 1.36 bits per heavy atom. The molecular weight excluding hydrogens is 179 g/mol. The molecule has 1 aromatic carbocycles. The van der Waals surface area contributed by atoms with Crippen LogP contribution in [0, 0.1) is 11.2 Å². The molecule has 0 aliphatic heterocycles. The van der Waals surface area contributed by atoms with Gasteiger partial charge in [-0.15, -0.1) is 0 Å². The second-order valence-electron chi connectivity index (χ2n) is 4.78. The summed E-state index contributed by atoms with van der Waals surface area (Å²) in [7, 11) is 0. The number of hydrogen-bond donors (Lipinski definition) is 1. The average Bonchev–Trinajstić information content (AvgIpc) is 2.70. The standard InChI is InChI=1S/C12H15FO/c1-11(2)7-12(11,8-14)9-5-3-4-6-10(9)13/h3-6,14H,7-8H2,1-2H3. The molecule has 1 atom stereocenters. The molecule has 1 aliphatic rings.